The second-order valence-corrected chi connectivity index (χ2v) is 2.27. The first-order valence-electron chi connectivity index (χ1n) is 3.28. The highest BCUT2D eigenvalue weighted by Crippen LogP contribution is 2.23. The van der Waals surface area contributed by atoms with Crippen molar-refractivity contribution in [3.05, 3.63) is 36.2 Å². The molecule has 0 aliphatic carbocycles. The van der Waals surface area contributed by atoms with Crippen LogP contribution in [0.15, 0.2) is 29.8 Å². The zero-order valence-corrected chi connectivity index (χ0v) is 7.07. The van der Waals surface area contributed by atoms with E-state index in [0.29, 0.717) is 5.56 Å². The summed E-state index contributed by atoms with van der Waals surface area (Å²) in [6.45, 7) is 3.53. The molecule has 60 valence electrons. The van der Waals surface area contributed by atoms with Crippen molar-refractivity contribution in [1.82, 2.24) is 0 Å². The number of thiocarbonyl (C=S) groups is 1. The first-order chi connectivity index (χ1) is 5.79. The molecule has 1 aromatic rings. The van der Waals surface area contributed by atoms with E-state index < -0.39 is 5.82 Å². The monoisotopic (exact) mass is 179 g/mol. The molecule has 0 amide bonds. The minimum Gasteiger partial charge on any atom is -0.205 e. The van der Waals surface area contributed by atoms with E-state index in [0.717, 1.165) is 0 Å². The van der Waals surface area contributed by atoms with E-state index >= 15 is 0 Å². The molecule has 0 aromatic heterocycles. The van der Waals surface area contributed by atoms with E-state index in [1.54, 1.807) is 12.1 Å². The van der Waals surface area contributed by atoms with Crippen LogP contribution in [-0.4, -0.2) is 5.16 Å². The Hall–Kier alpha value is -1.31. The second kappa shape index (κ2) is 3.90. The number of para-hydroxylation sites is 1. The Labute approximate surface area is 75.3 Å². The van der Waals surface area contributed by atoms with Gasteiger partial charge in [0.1, 0.15) is 11.5 Å². The van der Waals surface area contributed by atoms with Crippen molar-refractivity contribution in [3.63, 3.8) is 0 Å². The minimum absolute atomic E-state index is 0.197. The Balaban J connectivity index is 3.38. The van der Waals surface area contributed by atoms with Crippen molar-refractivity contribution in [2.45, 2.75) is 0 Å². The maximum atomic E-state index is 13.0. The molecule has 0 aliphatic heterocycles. The Morgan fingerprint density at radius 2 is 2.33 bits per heavy atom. The van der Waals surface area contributed by atoms with Gasteiger partial charge in [0.05, 0.1) is 5.16 Å². The number of nitrogens with zero attached hydrogens (tertiary/aromatic N) is 1. The molecule has 1 aromatic carbocycles. The van der Waals surface area contributed by atoms with Crippen LogP contribution < -0.4 is 0 Å². The van der Waals surface area contributed by atoms with Crippen molar-refractivity contribution in [1.29, 1.82) is 0 Å². The van der Waals surface area contributed by atoms with Gasteiger partial charge >= 0.3 is 0 Å². The topological polar surface area (TPSA) is 12.4 Å². The predicted molar refractivity (Wildman–Crippen MR) is 51.2 cm³/mol. The van der Waals surface area contributed by atoms with E-state index in [4.69, 9.17) is 0 Å². The summed E-state index contributed by atoms with van der Waals surface area (Å²) in [4.78, 5) is 3.60. The molecule has 0 N–H and O–H groups in total. The number of isothiocyanates is 1. The zero-order valence-electron chi connectivity index (χ0n) is 6.25. The SMILES string of the molecule is C=Cc1cccc(F)c1N=C=S. The van der Waals surface area contributed by atoms with Gasteiger partial charge in [-0.3, -0.25) is 0 Å². The van der Waals surface area contributed by atoms with E-state index in [1.165, 1.54) is 12.1 Å². The number of aliphatic imine (C=N–C) groups is 1. The normalized spacial score (nSPS) is 8.75. The summed E-state index contributed by atoms with van der Waals surface area (Å²) in [6, 6.07) is 4.62. The van der Waals surface area contributed by atoms with Crippen LogP contribution in [0.3, 0.4) is 0 Å². The van der Waals surface area contributed by atoms with E-state index in [1.807, 2.05) is 0 Å². The number of halogens is 1. The van der Waals surface area contributed by atoms with Crippen LogP contribution in [0, 0.1) is 5.82 Å². The summed E-state index contributed by atoms with van der Waals surface area (Å²) in [6.07, 6.45) is 1.52. The van der Waals surface area contributed by atoms with Gasteiger partial charge in [-0.15, -0.1) is 0 Å². The first kappa shape index (κ1) is 8.78. The van der Waals surface area contributed by atoms with Crippen LogP contribution in [0.4, 0.5) is 10.1 Å². The molecule has 1 rings (SSSR count). The van der Waals surface area contributed by atoms with Crippen molar-refractivity contribution < 1.29 is 4.39 Å². The number of benzene rings is 1. The molecule has 0 atom stereocenters. The highest BCUT2D eigenvalue weighted by molar-refractivity contribution is 7.78. The molecule has 0 saturated heterocycles. The van der Waals surface area contributed by atoms with Crippen LogP contribution in [0.2, 0.25) is 0 Å². The van der Waals surface area contributed by atoms with Crippen molar-refractivity contribution >= 4 is 29.1 Å². The first-order valence-corrected chi connectivity index (χ1v) is 3.69. The van der Waals surface area contributed by atoms with Gasteiger partial charge in [0.15, 0.2) is 0 Å². The minimum atomic E-state index is -0.412. The summed E-state index contributed by atoms with van der Waals surface area (Å²) >= 11 is 4.38. The largest absolute Gasteiger partial charge is 0.205 e. The Bertz CT molecular complexity index is 354. The Kier molecular flexibility index (Phi) is 2.86. The molecule has 0 radical (unpaired) electrons. The molecule has 1 nitrogen and oxygen atoms in total. The molecule has 12 heavy (non-hydrogen) atoms. The van der Waals surface area contributed by atoms with Gasteiger partial charge in [-0.1, -0.05) is 24.8 Å². The van der Waals surface area contributed by atoms with E-state index in [2.05, 4.69) is 29.0 Å². The molecular weight excluding hydrogens is 173 g/mol. The molecule has 0 bridgehead atoms. The number of hydrogen-bond donors (Lipinski definition) is 0. The summed E-state index contributed by atoms with van der Waals surface area (Å²) < 4.78 is 13.0. The summed E-state index contributed by atoms with van der Waals surface area (Å²) in [7, 11) is 0. The van der Waals surface area contributed by atoms with Gasteiger partial charge in [0.2, 0.25) is 0 Å². The van der Waals surface area contributed by atoms with Gasteiger partial charge < -0.3 is 0 Å². The molecular formula is C9H6FNS. The lowest BCUT2D eigenvalue weighted by atomic mass is 10.2. The summed E-state index contributed by atoms with van der Waals surface area (Å²) in [5, 5.41) is 2.12. The third-order valence-electron chi connectivity index (χ3n) is 1.40. The van der Waals surface area contributed by atoms with Gasteiger partial charge in [-0.05, 0) is 18.3 Å². The lowest BCUT2D eigenvalue weighted by Gasteiger charge is -1.98. The van der Waals surface area contributed by atoms with Crippen LogP contribution in [0.5, 0.6) is 0 Å². The van der Waals surface area contributed by atoms with Gasteiger partial charge in [-0.2, -0.15) is 4.99 Å². The lowest BCUT2D eigenvalue weighted by molar-refractivity contribution is 0.630. The third-order valence-corrected chi connectivity index (χ3v) is 1.49. The summed E-state index contributed by atoms with van der Waals surface area (Å²) in [5.74, 6) is -0.412. The lowest BCUT2D eigenvalue weighted by Crippen LogP contribution is -1.79. The fourth-order valence-corrected chi connectivity index (χ4v) is 0.952. The van der Waals surface area contributed by atoms with E-state index in [9.17, 15) is 4.39 Å². The molecule has 0 unspecified atom stereocenters. The molecule has 0 aliphatic rings. The smallest absolute Gasteiger partial charge is 0.150 e. The zero-order chi connectivity index (χ0) is 8.97. The van der Waals surface area contributed by atoms with Crippen molar-refractivity contribution in [3.8, 4) is 0 Å². The quantitative estimate of drug-likeness (QED) is 0.501. The fourth-order valence-electron chi connectivity index (χ4n) is 0.860. The molecule has 0 saturated carbocycles. The standard InChI is InChI=1S/C9H6FNS/c1-2-7-4-3-5-8(10)9(7)11-6-12/h2-5H,1H2. The fraction of sp³-hybridized carbons (Fsp3) is 0. The number of hydrogen-bond acceptors (Lipinski definition) is 2. The summed E-state index contributed by atoms with van der Waals surface area (Å²) in [5.41, 5.74) is 0.815. The Morgan fingerprint density at radius 1 is 1.58 bits per heavy atom. The maximum Gasteiger partial charge on any atom is 0.150 e. The van der Waals surface area contributed by atoms with Crippen LogP contribution >= 0.6 is 12.2 Å². The highest BCUT2D eigenvalue weighted by Gasteiger charge is 2.02. The van der Waals surface area contributed by atoms with E-state index in [-0.39, 0.29) is 5.69 Å². The van der Waals surface area contributed by atoms with Gasteiger partial charge in [0.25, 0.3) is 0 Å². The van der Waals surface area contributed by atoms with Crippen LogP contribution in [0.25, 0.3) is 6.08 Å². The molecule has 0 spiro atoms. The highest BCUT2D eigenvalue weighted by atomic mass is 32.1. The van der Waals surface area contributed by atoms with Gasteiger partial charge in [-0.25, -0.2) is 4.39 Å². The van der Waals surface area contributed by atoms with Crippen LogP contribution in [0.1, 0.15) is 5.56 Å². The van der Waals surface area contributed by atoms with Crippen LogP contribution in [-0.2, 0) is 0 Å². The van der Waals surface area contributed by atoms with Crippen molar-refractivity contribution in [2.24, 2.45) is 4.99 Å². The predicted octanol–water partition coefficient (Wildman–Crippen LogP) is 3.20. The van der Waals surface area contributed by atoms with Gasteiger partial charge in [0, 0.05) is 5.56 Å². The average molecular weight is 179 g/mol. The molecule has 0 fully saturated rings. The molecule has 0 heterocycles. The average Bonchev–Trinajstić information content (AvgIpc) is 2.09. The maximum absolute atomic E-state index is 13.0. The van der Waals surface area contributed by atoms with Crippen molar-refractivity contribution in [2.75, 3.05) is 0 Å². The third kappa shape index (κ3) is 1.64. The number of rotatable bonds is 2. The molecule has 3 heteroatoms. The second-order valence-electron chi connectivity index (χ2n) is 2.08. The Morgan fingerprint density at radius 3 is 2.92 bits per heavy atom.